The Hall–Kier alpha value is -1.71. The van der Waals surface area contributed by atoms with Gasteiger partial charge < -0.3 is 14.4 Å². The predicted molar refractivity (Wildman–Crippen MR) is 107 cm³/mol. The summed E-state index contributed by atoms with van der Waals surface area (Å²) in [5.74, 6) is 1.93. The predicted octanol–water partition coefficient (Wildman–Crippen LogP) is 4.62. The van der Waals surface area contributed by atoms with Crippen LogP contribution in [0, 0.1) is 0 Å². The van der Waals surface area contributed by atoms with Gasteiger partial charge in [0.15, 0.2) is 0 Å². The Labute approximate surface area is 158 Å². The van der Waals surface area contributed by atoms with Crippen molar-refractivity contribution in [1.82, 2.24) is 4.90 Å². The molecule has 138 valence electrons. The highest BCUT2D eigenvalue weighted by Crippen LogP contribution is 2.21. The quantitative estimate of drug-likeness (QED) is 0.575. The van der Waals surface area contributed by atoms with Gasteiger partial charge >= 0.3 is 0 Å². The molecule has 0 aromatic heterocycles. The summed E-state index contributed by atoms with van der Waals surface area (Å²) in [5, 5.41) is 0. The molecule has 3 nitrogen and oxygen atoms in total. The fourth-order valence-corrected chi connectivity index (χ4v) is 2.67. The second-order valence-corrected chi connectivity index (χ2v) is 6.32. The van der Waals surface area contributed by atoms with Crippen molar-refractivity contribution in [2.24, 2.45) is 0 Å². The van der Waals surface area contributed by atoms with Gasteiger partial charge in [0.2, 0.25) is 0 Å². The molecule has 0 atom stereocenters. The summed E-state index contributed by atoms with van der Waals surface area (Å²) < 4.78 is 11.3. The van der Waals surface area contributed by atoms with Crippen LogP contribution in [0.25, 0.3) is 0 Å². The molecule has 4 heteroatoms. The average molecular weight is 364 g/mol. The molecule has 2 aromatic carbocycles. The molecule has 0 saturated heterocycles. The normalized spacial score (nSPS) is 10.4. The minimum atomic E-state index is 0. The van der Waals surface area contributed by atoms with Gasteiger partial charge in [-0.15, -0.1) is 12.4 Å². The van der Waals surface area contributed by atoms with Gasteiger partial charge in [0.05, 0.1) is 13.7 Å². The van der Waals surface area contributed by atoms with E-state index >= 15 is 0 Å². The molecule has 0 unspecified atom stereocenters. The number of unbranched alkanes of at least 4 members (excludes halogenated alkanes) is 1. The minimum absolute atomic E-state index is 0. The largest absolute Gasteiger partial charge is 0.497 e. The fourth-order valence-electron chi connectivity index (χ4n) is 2.67. The van der Waals surface area contributed by atoms with Gasteiger partial charge in [-0.3, -0.25) is 0 Å². The third kappa shape index (κ3) is 7.80. The zero-order chi connectivity index (χ0) is 17.2. The number of para-hydroxylation sites is 1. The topological polar surface area (TPSA) is 21.7 Å². The summed E-state index contributed by atoms with van der Waals surface area (Å²) in [6.45, 7) is 1.89. The fraction of sp³-hybridized carbons (Fsp3) is 0.429. The molecule has 0 saturated carbocycles. The number of methoxy groups -OCH3 is 1. The highest BCUT2D eigenvalue weighted by atomic mass is 35.5. The van der Waals surface area contributed by atoms with Crippen molar-refractivity contribution < 1.29 is 9.47 Å². The SMILES string of the molecule is COc1cccc(CCc2ccccc2OCCCCN(C)C)c1.Cl. The average Bonchev–Trinajstić information content (AvgIpc) is 2.60. The lowest BCUT2D eigenvalue weighted by Gasteiger charge is -2.13. The number of rotatable bonds is 10. The lowest BCUT2D eigenvalue weighted by Crippen LogP contribution is -2.13. The Morgan fingerprint density at radius 2 is 1.72 bits per heavy atom. The van der Waals surface area contributed by atoms with Crippen molar-refractivity contribution in [3.8, 4) is 11.5 Å². The van der Waals surface area contributed by atoms with Crippen LogP contribution < -0.4 is 9.47 Å². The van der Waals surface area contributed by atoms with E-state index in [0.29, 0.717) is 0 Å². The standard InChI is InChI=1S/C21H29NO2.ClH/c1-22(2)15-6-7-16-24-21-12-5-4-10-19(21)14-13-18-9-8-11-20(17-18)23-3;/h4-5,8-12,17H,6-7,13-16H2,1-3H3;1H. The van der Waals surface area contributed by atoms with E-state index in [9.17, 15) is 0 Å². The second-order valence-electron chi connectivity index (χ2n) is 6.32. The van der Waals surface area contributed by atoms with Crippen LogP contribution in [0.15, 0.2) is 48.5 Å². The van der Waals surface area contributed by atoms with Crippen molar-refractivity contribution in [3.63, 3.8) is 0 Å². The number of aryl methyl sites for hydroxylation is 2. The van der Waals surface area contributed by atoms with Gasteiger partial charge in [0.1, 0.15) is 11.5 Å². The highest BCUT2D eigenvalue weighted by Gasteiger charge is 2.04. The highest BCUT2D eigenvalue weighted by molar-refractivity contribution is 5.85. The number of benzene rings is 2. The zero-order valence-corrected chi connectivity index (χ0v) is 16.3. The Balaban J connectivity index is 0.00000312. The molecule has 0 fully saturated rings. The van der Waals surface area contributed by atoms with E-state index in [-0.39, 0.29) is 12.4 Å². The maximum atomic E-state index is 6.01. The van der Waals surface area contributed by atoms with Crippen LogP contribution >= 0.6 is 12.4 Å². The lowest BCUT2D eigenvalue weighted by atomic mass is 10.0. The molecule has 0 aliphatic heterocycles. The second kappa shape index (κ2) is 11.8. The van der Waals surface area contributed by atoms with Gasteiger partial charge in [0.25, 0.3) is 0 Å². The van der Waals surface area contributed by atoms with Crippen LogP contribution in [0.5, 0.6) is 11.5 Å². The Kier molecular flexibility index (Phi) is 10.0. The van der Waals surface area contributed by atoms with Gasteiger partial charge in [-0.1, -0.05) is 30.3 Å². The van der Waals surface area contributed by atoms with Gasteiger partial charge in [-0.05, 0) is 75.6 Å². The van der Waals surface area contributed by atoms with Crippen molar-refractivity contribution in [2.45, 2.75) is 25.7 Å². The van der Waals surface area contributed by atoms with Crippen molar-refractivity contribution >= 4 is 12.4 Å². The summed E-state index contributed by atoms with van der Waals surface area (Å²) >= 11 is 0. The molecule has 0 aliphatic carbocycles. The molecule has 0 heterocycles. The summed E-state index contributed by atoms with van der Waals surface area (Å²) in [5.41, 5.74) is 2.56. The molecule has 2 rings (SSSR count). The first-order chi connectivity index (χ1) is 11.7. The first kappa shape index (κ1) is 21.3. The third-order valence-electron chi connectivity index (χ3n) is 4.05. The maximum absolute atomic E-state index is 6.01. The van der Waals surface area contributed by atoms with Crippen molar-refractivity contribution in [3.05, 3.63) is 59.7 Å². The van der Waals surface area contributed by atoms with Crippen molar-refractivity contribution in [2.75, 3.05) is 34.4 Å². The molecule has 0 radical (unpaired) electrons. The van der Waals surface area contributed by atoms with Crippen LogP contribution in [0.1, 0.15) is 24.0 Å². The molecule has 0 aliphatic rings. The monoisotopic (exact) mass is 363 g/mol. The lowest BCUT2D eigenvalue weighted by molar-refractivity contribution is 0.290. The zero-order valence-electron chi connectivity index (χ0n) is 15.5. The van der Waals surface area contributed by atoms with E-state index in [1.165, 1.54) is 17.5 Å². The van der Waals surface area contributed by atoms with E-state index in [4.69, 9.17) is 9.47 Å². The molecule has 2 aromatic rings. The van der Waals surface area contributed by atoms with Crippen LogP contribution in [0.2, 0.25) is 0 Å². The van der Waals surface area contributed by atoms with Crippen LogP contribution in [0.3, 0.4) is 0 Å². The molecule has 0 spiro atoms. The maximum Gasteiger partial charge on any atom is 0.122 e. The number of ether oxygens (including phenoxy) is 2. The summed E-state index contributed by atoms with van der Waals surface area (Å²) in [6, 6.07) is 16.6. The summed E-state index contributed by atoms with van der Waals surface area (Å²) in [4.78, 5) is 2.21. The van der Waals surface area contributed by atoms with Crippen LogP contribution in [0.4, 0.5) is 0 Å². The van der Waals surface area contributed by atoms with Gasteiger partial charge in [-0.2, -0.15) is 0 Å². The molecule has 0 N–H and O–H groups in total. The molecular formula is C21H30ClNO2. The van der Waals surface area contributed by atoms with E-state index in [2.05, 4.69) is 49.3 Å². The first-order valence-corrected chi connectivity index (χ1v) is 8.67. The summed E-state index contributed by atoms with van der Waals surface area (Å²) in [6.07, 6.45) is 4.21. The van der Waals surface area contributed by atoms with Gasteiger partial charge in [0, 0.05) is 0 Å². The smallest absolute Gasteiger partial charge is 0.122 e. The Morgan fingerprint density at radius 3 is 2.48 bits per heavy atom. The first-order valence-electron chi connectivity index (χ1n) is 8.67. The Bertz CT molecular complexity index is 616. The number of hydrogen-bond donors (Lipinski definition) is 0. The number of hydrogen-bond acceptors (Lipinski definition) is 3. The van der Waals surface area contributed by atoms with Crippen molar-refractivity contribution in [1.29, 1.82) is 0 Å². The van der Waals surface area contributed by atoms with E-state index in [1.807, 2.05) is 18.2 Å². The third-order valence-corrected chi connectivity index (χ3v) is 4.05. The van der Waals surface area contributed by atoms with Crippen LogP contribution in [-0.2, 0) is 12.8 Å². The van der Waals surface area contributed by atoms with E-state index < -0.39 is 0 Å². The Morgan fingerprint density at radius 1 is 0.920 bits per heavy atom. The van der Waals surface area contributed by atoms with E-state index in [0.717, 1.165) is 43.9 Å². The van der Waals surface area contributed by atoms with Crippen LogP contribution in [-0.4, -0.2) is 39.3 Å². The molecule has 0 bridgehead atoms. The van der Waals surface area contributed by atoms with E-state index in [1.54, 1.807) is 7.11 Å². The molecular weight excluding hydrogens is 334 g/mol. The number of nitrogens with zero attached hydrogens (tertiary/aromatic N) is 1. The minimum Gasteiger partial charge on any atom is -0.497 e. The molecule has 25 heavy (non-hydrogen) atoms. The number of halogens is 1. The molecule has 0 amide bonds. The van der Waals surface area contributed by atoms with Gasteiger partial charge in [-0.25, -0.2) is 0 Å². The summed E-state index contributed by atoms with van der Waals surface area (Å²) in [7, 11) is 5.92.